The summed E-state index contributed by atoms with van der Waals surface area (Å²) in [4.78, 5) is 19.8. The molecule has 0 aromatic carbocycles. The van der Waals surface area contributed by atoms with E-state index >= 15 is 0 Å². The van der Waals surface area contributed by atoms with Gasteiger partial charge in [0.05, 0.1) is 11.9 Å². The number of carbonyl (C=O) groups excluding carboxylic acids is 1. The Kier molecular flexibility index (Phi) is 4.37. The van der Waals surface area contributed by atoms with E-state index in [2.05, 4.69) is 15.3 Å². The number of ether oxygens (including phenoxy) is 1. The van der Waals surface area contributed by atoms with E-state index in [-0.39, 0.29) is 0 Å². The molecule has 1 amide bonds. The Morgan fingerprint density at radius 2 is 2.05 bits per heavy atom. The van der Waals surface area contributed by atoms with E-state index in [0.29, 0.717) is 11.4 Å². The SMILES string of the molecule is CC(C)(C)OC(=O)Nc1cncc(-c2ccnc(C#N)c2)c1. The van der Waals surface area contributed by atoms with Crippen LogP contribution in [0.3, 0.4) is 0 Å². The molecule has 6 nitrogen and oxygen atoms in total. The van der Waals surface area contributed by atoms with Crippen LogP contribution in [0.4, 0.5) is 10.5 Å². The maximum Gasteiger partial charge on any atom is 0.412 e. The largest absolute Gasteiger partial charge is 0.444 e. The molecular formula is C16H16N4O2. The summed E-state index contributed by atoms with van der Waals surface area (Å²) >= 11 is 0. The van der Waals surface area contributed by atoms with Crippen LogP contribution in [0.1, 0.15) is 26.5 Å². The minimum absolute atomic E-state index is 0.322. The van der Waals surface area contributed by atoms with Crippen LogP contribution >= 0.6 is 0 Å². The molecule has 0 aliphatic rings. The fraction of sp³-hybridized carbons (Fsp3) is 0.250. The van der Waals surface area contributed by atoms with Crippen molar-refractivity contribution in [1.82, 2.24) is 9.97 Å². The van der Waals surface area contributed by atoms with E-state index in [1.54, 1.807) is 51.4 Å². The molecule has 2 aromatic rings. The number of hydrogen-bond donors (Lipinski definition) is 1. The minimum atomic E-state index is -0.568. The molecule has 0 radical (unpaired) electrons. The zero-order chi connectivity index (χ0) is 16.2. The summed E-state index contributed by atoms with van der Waals surface area (Å²) in [5.41, 5.74) is 1.84. The summed E-state index contributed by atoms with van der Waals surface area (Å²) in [6.45, 7) is 5.38. The van der Waals surface area contributed by atoms with E-state index in [1.807, 2.05) is 6.07 Å². The molecule has 112 valence electrons. The van der Waals surface area contributed by atoms with E-state index in [0.717, 1.165) is 11.1 Å². The molecule has 0 saturated heterocycles. The molecule has 0 aliphatic carbocycles. The van der Waals surface area contributed by atoms with Crippen LogP contribution in [0.5, 0.6) is 0 Å². The number of pyridine rings is 2. The van der Waals surface area contributed by atoms with Crippen LogP contribution in [0.15, 0.2) is 36.8 Å². The fourth-order valence-electron chi connectivity index (χ4n) is 1.76. The molecule has 0 unspecified atom stereocenters. The molecule has 0 saturated carbocycles. The Morgan fingerprint density at radius 3 is 2.73 bits per heavy atom. The average molecular weight is 296 g/mol. The predicted octanol–water partition coefficient (Wildman–Crippen LogP) is 3.36. The number of nitrogens with one attached hydrogen (secondary N) is 1. The lowest BCUT2D eigenvalue weighted by Gasteiger charge is -2.19. The molecule has 2 heterocycles. The molecular weight excluding hydrogens is 280 g/mol. The molecule has 0 bridgehead atoms. The summed E-state index contributed by atoms with van der Waals surface area (Å²) in [6.07, 6.45) is 4.19. The highest BCUT2D eigenvalue weighted by Gasteiger charge is 2.16. The molecule has 0 aliphatic heterocycles. The van der Waals surface area contributed by atoms with Crippen molar-refractivity contribution in [3.63, 3.8) is 0 Å². The van der Waals surface area contributed by atoms with Crippen molar-refractivity contribution in [3.05, 3.63) is 42.5 Å². The quantitative estimate of drug-likeness (QED) is 0.918. The third-order valence-corrected chi connectivity index (χ3v) is 2.59. The number of aromatic nitrogens is 2. The van der Waals surface area contributed by atoms with Gasteiger partial charge in [-0.25, -0.2) is 9.78 Å². The topological polar surface area (TPSA) is 87.9 Å². The van der Waals surface area contributed by atoms with Crippen LogP contribution in [0.2, 0.25) is 0 Å². The lowest BCUT2D eigenvalue weighted by atomic mass is 10.1. The number of nitrogens with zero attached hydrogens (tertiary/aromatic N) is 3. The molecule has 6 heteroatoms. The standard InChI is InChI=1S/C16H16N4O2/c1-16(2,3)22-15(21)20-14-7-12(9-18-10-14)11-4-5-19-13(6-11)8-17/h4-7,9-10H,1-3H3,(H,20,21). The first kappa shape index (κ1) is 15.4. The van der Waals surface area contributed by atoms with Crippen molar-refractivity contribution in [2.45, 2.75) is 26.4 Å². The van der Waals surface area contributed by atoms with Gasteiger partial charge < -0.3 is 4.74 Å². The maximum absolute atomic E-state index is 11.8. The fourth-order valence-corrected chi connectivity index (χ4v) is 1.76. The van der Waals surface area contributed by atoms with Gasteiger partial charge in [0.1, 0.15) is 17.4 Å². The highest BCUT2D eigenvalue weighted by Crippen LogP contribution is 2.22. The molecule has 1 N–H and O–H groups in total. The summed E-state index contributed by atoms with van der Waals surface area (Å²) < 4.78 is 5.19. The van der Waals surface area contributed by atoms with E-state index in [1.165, 1.54) is 6.20 Å². The lowest BCUT2D eigenvalue weighted by Crippen LogP contribution is -2.27. The van der Waals surface area contributed by atoms with Gasteiger partial charge in [0, 0.05) is 18.0 Å². The van der Waals surface area contributed by atoms with Crippen molar-refractivity contribution in [1.29, 1.82) is 5.26 Å². The second-order valence-corrected chi connectivity index (χ2v) is 5.63. The molecule has 0 atom stereocenters. The summed E-state index contributed by atoms with van der Waals surface area (Å²) in [7, 11) is 0. The second kappa shape index (κ2) is 6.22. The molecule has 0 spiro atoms. The summed E-state index contributed by atoms with van der Waals surface area (Å²) in [5.74, 6) is 0. The predicted molar refractivity (Wildman–Crippen MR) is 82.0 cm³/mol. The number of amides is 1. The van der Waals surface area contributed by atoms with Crippen LogP contribution < -0.4 is 5.32 Å². The Morgan fingerprint density at radius 1 is 1.27 bits per heavy atom. The van der Waals surface area contributed by atoms with Crippen LogP contribution in [0, 0.1) is 11.3 Å². The van der Waals surface area contributed by atoms with Crippen molar-refractivity contribution < 1.29 is 9.53 Å². The Hall–Kier alpha value is -2.94. The van der Waals surface area contributed by atoms with Gasteiger partial charge in [-0.15, -0.1) is 0 Å². The highest BCUT2D eigenvalue weighted by atomic mass is 16.6. The van der Waals surface area contributed by atoms with E-state index in [4.69, 9.17) is 10.00 Å². The number of hydrogen-bond acceptors (Lipinski definition) is 5. The van der Waals surface area contributed by atoms with Gasteiger partial charge in [-0.05, 0) is 44.5 Å². The van der Waals surface area contributed by atoms with Gasteiger partial charge in [0.2, 0.25) is 0 Å². The Labute approximate surface area is 128 Å². The number of anilines is 1. The first-order chi connectivity index (χ1) is 10.4. The highest BCUT2D eigenvalue weighted by molar-refractivity contribution is 5.85. The van der Waals surface area contributed by atoms with Gasteiger partial charge >= 0.3 is 6.09 Å². The van der Waals surface area contributed by atoms with Gasteiger partial charge in [-0.3, -0.25) is 10.3 Å². The maximum atomic E-state index is 11.8. The Bertz CT molecular complexity index is 729. The van der Waals surface area contributed by atoms with Gasteiger partial charge in [0.15, 0.2) is 0 Å². The third-order valence-electron chi connectivity index (χ3n) is 2.59. The monoisotopic (exact) mass is 296 g/mol. The number of rotatable bonds is 2. The molecule has 22 heavy (non-hydrogen) atoms. The smallest absolute Gasteiger partial charge is 0.412 e. The first-order valence-corrected chi connectivity index (χ1v) is 6.69. The van der Waals surface area contributed by atoms with Gasteiger partial charge in [-0.2, -0.15) is 5.26 Å². The van der Waals surface area contributed by atoms with Crippen LogP contribution in [-0.4, -0.2) is 21.7 Å². The van der Waals surface area contributed by atoms with Crippen molar-refractivity contribution >= 4 is 11.8 Å². The molecule has 2 rings (SSSR count). The zero-order valence-electron chi connectivity index (χ0n) is 12.6. The lowest BCUT2D eigenvalue weighted by molar-refractivity contribution is 0.0636. The van der Waals surface area contributed by atoms with Crippen molar-refractivity contribution in [2.24, 2.45) is 0 Å². The van der Waals surface area contributed by atoms with E-state index < -0.39 is 11.7 Å². The zero-order valence-corrected chi connectivity index (χ0v) is 12.6. The number of carbonyl (C=O) groups is 1. The second-order valence-electron chi connectivity index (χ2n) is 5.63. The molecule has 2 aromatic heterocycles. The Balaban J connectivity index is 2.20. The number of nitriles is 1. The first-order valence-electron chi connectivity index (χ1n) is 6.69. The summed E-state index contributed by atoms with van der Waals surface area (Å²) in [5, 5.41) is 11.5. The minimum Gasteiger partial charge on any atom is -0.444 e. The van der Waals surface area contributed by atoms with E-state index in [9.17, 15) is 4.79 Å². The van der Waals surface area contributed by atoms with Gasteiger partial charge in [-0.1, -0.05) is 0 Å². The third kappa shape index (κ3) is 4.28. The normalized spacial score (nSPS) is 10.6. The summed E-state index contributed by atoms with van der Waals surface area (Å²) in [6, 6.07) is 7.18. The molecule has 0 fully saturated rings. The average Bonchev–Trinajstić information content (AvgIpc) is 2.45. The van der Waals surface area contributed by atoms with Crippen LogP contribution in [0.25, 0.3) is 11.1 Å². The van der Waals surface area contributed by atoms with Crippen LogP contribution in [-0.2, 0) is 4.74 Å². The van der Waals surface area contributed by atoms with Crippen molar-refractivity contribution in [3.8, 4) is 17.2 Å². The van der Waals surface area contributed by atoms with Crippen molar-refractivity contribution in [2.75, 3.05) is 5.32 Å². The van der Waals surface area contributed by atoms with Gasteiger partial charge in [0.25, 0.3) is 0 Å².